The van der Waals surface area contributed by atoms with Crippen molar-refractivity contribution in [1.82, 2.24) is 9.55 Å². The molecule has 0 atom stereocenters. The SMILES string of the molecule is CC(C)(C)c1cc(Oc2[c-]c3c(cc2)c2c(C(C)(C)C)cccc2n3-c2cc(C(C)(C)C)ccn2)[c-]c(N2CN(c3ccccc3)c3ccccc32)c1.[Pt+2]. The van der Waals surface area contributed by atoms with Gasteiger partial charge >= 0.3 is 21.1 Å². The van der Waals surface area contributed by atoms with E-state index in [9.17, 15) is 0 Å². The summed E-state index contributed by atoms with van der Waals surface area (Å²) in [6.07, 6.45) is 1.92. The molecule has 5 aromatic carbocycles. The molecule has 0 aliphatic carbocycles. The van der Waals surface area contributed by atoms with Crippen LogP contribution >= 0.6 is 0 Å². The van der Waals surface area contributed by atoms with Gasteiger partial charge in [-0.2, -0.15) is 6.07 Å². The fourth-order valence-corrected chi connectivity index (χ4v) is 7.43. The number of nitrogens with zero attached hydrogens (tertiary/aromatic N) is 4. The number of benzene rings is 5. The van der Waals surface area contributed by atoms with E-state index in [2.05, 4.69) is 192 Å². The topological polar surface area (TPSA) is 33.5 Å². The Hall–Kier alpha value is -4.86. The molecule has 0 bridgehead atoms. The van der Waals surface area contributed by atoms with Crippen LogP contribution in [0.15, 0.2) is 115 Å². The summed E-state index contributed by atoms with van der Waals surface area (Å²) in [4.78, 5) is 9.61. The minimum absolute atomic E-state index is 0. The molecule has 7 aromatic rings. The van der Waals surface area contributed by atoms with Crippen LogP contribution < -0.4 is 14.5 Å². The first-order valence-electron chi connectivity index (χ1n) is 18.6. The van der Waals surface area contributed by atoms with Crippen LogP contribution in [0, 0.1) is 12.1 Å². The van der Waals surface area contributed by atoms with Crippen LogP contribution in [0.1, 0.15) is 79.0 Å². The van der Waals surface area contributed by atoms with Crippen molar-refractivity contribution in [3.63, 3.8) is 0 Å². The van der Waals surface area contributed by atoms with Crippen molar-refractivity contribution in [3.8, 4) is 17.3 Å². The zero-order chi connectivity index (χ0) is 37.3. The molecule has 2 aromatic heterocycles. The average Bonchev–Trinajstić information content (AvgIpc) is 3.67. The smallest absolute Gasteiger partial charge is 0.509 e. The second kappa shape index (κ2) is 13.8. The van der Waals surface area contributed by atoms with Crippen LogP contribution in [0.2, 0.25) is 0 Å². The Labute approximate surface area is 334 Å². The number of pyridine rings is 1. The molecule has 0 saturated heterocycles. The van der Waals surface area contributed by atoms with Crippen LogP contribution in [0.3, 0.4) is 0 Å². The van der Waals surface area contributed by atoms with Crippen LogP contribution in [0.25, 0.3) is 27.6 Å². The van der Waals surface area contributed by atoms with Crippen LogP contribution in [0.4, 0.5) is 22.7 Å². The van der Waals surface area contributed by atoms with Gasteiger partial charge in [-0.1, -0.05) is 116 Å². The maximum atomic E-state index is 6.80. The van der Waals surface area contributed by atoms with Crippen LogP contribution in [0.5, 0.6) is 11.5 Å². The van der Waals surface area contributed by atoms with Gasteiger partial charge in [0.1, 0.15) is 5.82 Å². The van der Waals surface area contributed by atoms with Gasteiger partial charge in [0.15, 0.2) is 0 Å². The fraction of sp³-hybridized carbons (Fsp3) is 0.271. The van der Waals surface area contributed by atoms with Crippen molar-refractivity contribution < 1.29 is 25.8 Å². The molecule has 1 aliphatic rings. The third-order valence-electron chi connectivity index (χ3n) is 10.3. The Morgan fingerprint density at radius 1 is 0.611 bits per heavy atom. The number of fused-ring (bicyclic) bond motifs is 4. The second-order valence-corrected chi connectivity index (χ2v) is 17.3. The van der Waals surface area contributed by atoms with E-state index in [1.54, 1.807) is 0 Å². The third-order valence-corrected chi connectivity index (χ3v) is 10.3. The van der Waals surface area contributed by atoms with Gasteiger partial charge in [-0.25, -0.2) is 4.98 Å². The molecule has 1 aliphatic heterocycles. The summed E-state index contributed by atoms with van der Waals surface area (Å²) in [5.74, 6) is 2.16. The van der Waals surface area contributed by atoms with Gasteiger partial charge in [0.05, 0.1) is 18.0 Å². The van der Waals surface area contributed by atoms with Gasteiger partial charge in [0.25, 0.3) is 0 Å². The van der Waals surface area contributed by atoms with E-state index in [1.165, 1.54) is 27.8 Å². The number of ether oxygens (including phenoxy) is 1. The maximum absolute atomic E-state index is 6.80. The van der Waals surface area contributed by atoms with E-state index in [4.69, 9.17) is 9.72 Å². The van der Waals surface area contributed by atoms with E-state index in [0.717, 1.165) is 39.3 Å². The van der Waals surface area contributed by atoms with Crippen LogP contribution in [-0.2, 0) is 37.3 Å². The molecule has 0 radical (unpaired) electrons. The summed E-state index contributed by atoms with van der Waals surface area (Å²) in [5, 5.41) is 2.35. The first-order chi connectivity index (χ1) is 25.2. The predicted molar refractivity (Wildman–Crippen MR) is 221 cm³/mol. The Kier molecular flexibility index (Phi) is 9.55. The summed E-state index contributed by atoms with van der Waals surface area (Å²) in [7, 11) is 0. The number of aromatic nitrogens is 2. The standard InChI is InChI=1S/C48H48N4O.Pt/c1-46(2,3)32-24-25-49-44(28-32)52-42-21-15-18-39(48(7,8)9)45(42)38-23-22-36(30-43(38)52)53-37-27-33(47(4,5)6)26-35(29-37)51-31-50(34-16-11-10-12-17-34)40-19-13-14-20-41(40)51;/h10-28H,31H2,1-9H3;/q-2;+2. The molecule has 0 N–H and O–H groups in total. The Morgan fingerprint density at radius 2 is 1.30 bits per heavy atom. The molecular formula is C48H48N4OPt. The van der Waals surface area contributed by atoms with E-state index in [1.807, 2.05) is 12.3 Å². The number of para-hydroxylation sites is 3. The molecule has 8 rings (SSSR count). The first kappa shape index (κ1) is 37.5. The second-order valence-electron chi connectivity index (χ2n) is 17.3. The average molecular weight is 892 g/mol. The van der Waals surface area contributed by atoms with E-state index < -0.39 is 0 Å². The van der Waals surface area contributed by atoms with E-state index >= 15 is 0 Å². The predicted octanol–water partition coefficient (Wildman–Crippen LogP) is 12.7. The van der Waals surface area contributed by atoms with Gasteiger partial charge in [-0.3, -0.25) is 0 Å². The minimum atomic E-state index is -0.118. The summed E-state index contributed by atoms with van der Waals surface area (Å²) in [5.41, 5.74) is 9.97. The van der Waals surface area contributed by atoms with E-state index in [0.29, 0.717) is 18.2 Å². The Morgan fingerprint density at radius 3 is 1.98 bits per heavy atom. The maximum Gasteiger partial charge on any atom is 2.00 e. The third kappa shape index (κ3) is 6.84. The van der Waals surface area contributed by atoms with Crippen molar-refractivity contribution in [1.29, 1.82) is 0 Å². The van der Waals surface area contributed by atoms with Crippen LogP contribution in [-0.4, -0.2) is 16.2 Å². The van der Waals surface area contributed by atoms with Gasteiger partial charge in [0.2, 0.25) is 0 Å². The van der Waals surface area contributed by atoms with Gasteiger partial charge in [-0.15, -0.1) is 41.3 Å². The number of hydrogen-bond donors (Lipinski definition) is 0. The zero-order valence-corrected chi connectivity index (χ0v) is 35.0. The largest absolute Gasteiger partial charge is 2.00 e. The monoisotopic (exact) mass is 891 g/mol. The fourth-order valence-electron chi connectivity index (χ4n) is 7.43. The molecule has 5 nitrogen and oxygen atoms in total. The molecule has 0 amide bonds. The number of hydrogen-bond acceptors (Lipinski definition) is 4. The Bertz CT molecular complexity index is 2480. The Balaban J connectivity index is 0.00000450. The summed E-state index contributed by atoms with van der Waals surface area (Å²) >= 11 is 0. The first-order valence-corrected chi connectivity index (χ1v) is 18.6. The van der Waals surface area contributed by atoms with Crippen molar-refractivity contribution >= 4 is 44.6 Å². The van der Waals surface area contributed by atoms with Gasteiger partial charge in [0, 0.05) is 28.9 Å². The van der Waals surface area contributed by atoms with Crippen molar-refractivity contribution in [2.24, 2.45) is 0 Å². The quantitative estimate of drug-likeness (QED) is 0.161. The molecule has 276 valence electrons. The van der Waals surface area contributed by atoms with Crippen molar-refractivity contribution in [3.05, 3.63) is 144 Å². The molecular weight excluding hydrogens is 844 g/mol. The molecule has 0 fully saturated rings. The van der Waals surface area contributed by atoms with Gasteiger partial charge in [-0.05, 0) is 75.2 Å². The number of rotatable bonds is 5. The molecule has 0 saturated carbocycles. The normalized spacial score (nSPS) is 13.4. The molecule has 54 heavy (non-hydrogen) atoms. The minimum Gasteiger partial charge on any atom is -0.509 e. The van der Waals surface area contributed by atoms with E-state index in [-0.39, 0.29) is 37.3 Å². The van der Waals surface area contributed by atoms with Crippen molar-refractivity contribution in [2.45, 2.75) is 78.6 Å². The van der Waals surface area contributed by atoms with Crippen molar-refractivity contribution in [2.75, 3.05) is 16.5 Å². The molecule has 6 heteroatoms. The summed E-state index contributed by atoms with van der Waals surface area (Å²) < 4.78 is 9.05. The summed E-state index contributed by atoms with van der Waals surface area (Å²) in [6.45, 7) is 20.9. The molecule has 0 unspecified atom stereocenters. The summed E-state index contributed by atoms with van der Waals surface area (Å²) in [6, 6.07) is 46.1. The molecule has 3 heterocycles. The molecule has 0 spiro atoms. The number of anilines is 4. The van der Waals surface area contributed by atoms with Gasteiger partial charge < -0.3 is 19.1 Å². The zero-order valence-electron chi connectivity index (χ0n) is 32.7.